The van der Waals surface area contributed by atoms with Crippen LogP contribution in [-0.2, 0) is 4.74 Å². The van der Waals surface area contributed by atoms with Crippen LogP contribution in [0.25, 0.3) is 0 Å². The molecule has 1 aromatic rings. The van der Waals surface area contributed by atoms with Crippen LogP contribution in [0.1, 0.15) is 31.4 Å². The second kappa shape index (κ2) is 3.73. The van der Waals surface area contributed by atoms with Crippen molar-refractivity contribution in [3.63, 3.8) is 0 Å². The quantitative estimate of drug-likeness (QED) is 0.566. The van der Waals surface area contributed by atoms with Crippen molar-refractivity contribution in [2.24, 2.45) is 5.84 Å². The molecule has 14 heavy (non-hydrogen) atoms. The Labute approximate surface area is 83.4 Å². The summed E-state index contributed by atoms with van der Waals surface area (Å²) < 4.78 is 10.8. The summed E-state index contributed by atoms with van der Waals surface area (Å²) in [7, 11) is 0. The molecule has 78 valence electrons. The van der Waals surface area contributed by atoms with Gasteiger partial charge < -0.3 is 9.15 Å². The largest absolute Gasteiger partial charge is 0.472 e. The van der Waals surface area contributed by atoms with Crippen LogP contribution < -0.4 is 11.3 Å². The molecule has 0 amide bonds. The number of hydrogen-bond donors (Lipinski definition) is 2. The summed E-state index contributed by atoms with van der Waals surface area (Å²) >= 11 is 0. The number of ether oxygens (including phenoxy) is 1. The minimum Gasteiger partial charge on any atom is -0.472 e. The molecule has 2 rings (SSSR count). The molecule has 0 bridgehead atoms. The van der Waals surface area contributed by atoms with Gasteiger partial charge in [-0.15, -0.1) is 0 Å². The first-order valence-corrected chi connectivity index (χ1v) is 4.88. The first kappa shape index (κ1) is 9.71. The van der Waals surface area contributed by atoms with Gasteiger partial charge in [0.25, 0.3) is 0 Å². The molecule has 2 atom stereocenters. The van der Waals surface area contributed by atoms with E-state index in [1.54, 1.807) is 12.5 Å². The fraction of sp³-hybridized carbons (Fsp3) is 0.600. The van der Waals surface area contributed by atoms with Gasteiger partial charge in [-0.05, 0) is 25.8 Å². The third-order valence-electron chi connectivity index (χ3n) is 2.90. The van der Waals surface area contributed by atoms with E-state index in [9.17, 15) is 0 Å². The molecule has 3 N–H and O–H groups in total. The Hall–Kier alpha value is -0.840. The fourth-order valence-electron chi connectivity index (χ4n) is 2.09. The Balaban J connectivity index is 2.20. The third kappa shape index (κ3) is 1.56. The van der Waals surface area contributed by atoms with Crippen molar-refractivity contribution in [3.8, 4) is 0 Å². The maximum Gasteiger partial charge on any atom is 0.0952 e. The van der Waals surface area contributed by atoms with Gasteiger partial charge in [-0.2, -0.15) is 0 Å². The summed E-state index contributed by atoms with van der Waals surface area (Å²) in [5, 5.41) is 0. The third-order valence-corrected chi connectivity index (χ3v) is 2.90. The van der Waals surface area contributed by atoms with Crippen LogP contribution in [0.4, 0.5) is 0 Å². The average molecular weight is 196 g/mol. The van der Waals surface area contributed by atoms with Crippen molar-refractivity contribution in [2.75, 3.05) is 6.61 Å². The van der Waals surface area contributed by atoms with Gasteiger partial charge in [-0.1, -0.05) is 0 Å². The van der Waals surface area contributed by atoms with Gasteiger partial charge in [-0.3, -0.25) is 5.84 Å². The average Bonchev–Trinajstić information content (AvgIpc) is 2.78. The summed E-state index contributed by atoms with van der Waals surface area (Å²) in [6.07, 6.45) is 5.47. The van der Waals surface area contributed by atoms with E-state index in [1.807, 2.05) is 6.07 Å². The molecule has 1 aliphatic heterocycles. The standard InChI is InChI=1S/C10H16N2O2/c1-10(4-2-5-14-10)9(12-11)8-3-6-13-7-8/h3,6-7,9,12H,2,4-5,11H2,1H3. The van der Waals surface area contributed by atoms with Crippen LogP contribution in [0, 0.1) is 0 Å². The van der Waals surface area contributed by atoms with E-state index in [0.717, 1.165) is 25.0 Å². The van der Waals surface area contributed by atoms with Crippen molar-refractivity contribution in [1.82, 2.24) is 5.43 Å². The predicted octanol–water partition coefficient (Wildman–Crippen LogP) is 1.35. The molecule has 1 aromatic heterocycles. The Morgan fingerprint density at radius 2 is 2.50 bits per heavy atom. The van der Waals surface area contributed by atoms with Crippen LogP contribution in [0.3, 0.4) is 0 Å². The maximum absolute atomic E-state index is 5.73. The number of nitrogens with two attached hydrogens (primary N) is 1. The molecule has 0 saturated carbocycles. The zero-order valence-corrected chi connectivity index (χ0v) is 8.32. The number of furan rings is 1. The smallest absolute Gasteiger partial charge is 0.0952 e. The van der Waals surface area contributed by atoms with E-state index < -0.39 is 0 Å². The lowest BCUT2D eigenvalue weighted by molar-refractivity contribution is -0.0127. The molecule has 2 unspecified atom stereocenters. The molecule has 0 aromatic carbocycles. The summed E-state index contributed by atoms with van der Waals surface area (Å²) in [6.45, 7) is 2.89. The van der Waals surface area contributed by atoms with Crippen molar-refractivity contribution in [1.29, 1.82) is 0 Å². The molecule has 0 spiro atoms. The highest BCUT2D eigenvalue weighted by Crippen LogP contribution is 2.36. The number of nitrogens with one attached hydrogen (secondary N) is 1. The normalized spacial score (nSPS) is 29.3. The van der Waals surface area contributed by atoms with E-state index >= 15 is 0 Å². The van der Waals surface area contributed by atoms with Gasteiger partial charge in [0, 0.05) is 12.2 Å². The fourth-order valence-corrected chi connectivity index (χ4v) is 2.09. The molecule has 1 saturated heterocycles. The highest BCUT2D eigenvalue weighted by atomic mass is 16.5. The van der Waals surface area contributed by atoms with Crippen LogP contribution in [0.5, 0.6) is 0 Å². The SMILES string of the molecule is CC1(C(NN)c2ccoc2)CCCO1. The lowest BCUT2D eigenvalue weighted by Gasteiger charge is -2.32. The number of hydrazine groups is 1. The predicted molar refractivity (Wildman–Crippen MR) is 52.4 cm³/mol. The van der Waals surface area contributed by atoms with E-state index in [0.29, 0.717) is 0 Å². The first-order valence-electron chi connectivity index (χ1n) is 4.88. The van der Waals surface area contributed by atoms with Gasteiger partial charge in [0.05, 0.1) is 24.2 Å². The van der Waals surface area contributed by atoms with Crippen molar-refractivity contribution < 1.29 is 9.15 Å². The number of hydrogen-bond acceptors (Lipinski definition) is 4. The van der Waals surface area contributed by atoms with E-state index in [4.69, 9.17) is 15.0 Å². The van der Waals surface area contributed by atoms with Gasteiger partial charge in [-0.25, -0.2) is 5.43 Å². The Kier molecular flexibility index (Phi) is 2.58. The van der Waals surface area contributed by atoms with Crippen LogP contribution in [0.15, 0.2) is 23.0 Å². The molecule has 4 heteroatoms. The lowest BCUT2D eigenvalue weighted by Crippen LogP contribution is -2.44. The van der Waals surface area contributed by atoms with Gasteiger partial charge in [0.15, 0.2) is 0 Å². The zero-order chi connectivity index (χ0) is 10.0. The second-order valence-corrected chi connectivity index (χ2v) is 3.92. The lowest BCUT2D eigenvalue weighted by atomic mass is 9.89. The summed E-state index contributed by atoms with van der Waals surface area (Å²) in [5.41, 5.74) is 3.63. The molecule has 1 fully saturated rings. The van der Waals surface area contributed by atoms with Crippen LogP contribution >= 0.6 is 0 Å². The highest BCUT2D eigenvalue weighted by molar-refractivity contribution is 5.16. The summed E-state index contributed by atoms with van der Waals surface area (Å²) in [6, 6.07) is 1.92. The molecule has 0 aliphatic carbocycles. The minimum absolute atomic E-state index is 0.00347. The van der Waals surface area contributed by atoms with Crippen molar-refractivity contribution in [2.45, 2.75) is 31.4 Å². The molecule has 4 nitrogen and oxygen atoms in total. The molecular formula is C10H16N2O2. The summed E-state index contributed by atoms with van der Waals surface area (Å²) in [4.78, 5) is 0. The Morgan fingerprint density at radius 1 is 1.64 bits per heavy atom. The van der Waals surface area contributed by atoms with Crippen molar-refractivity contribution >= 4 is 0 Å². The van der Waals surface area contributed by atoms with Crippen molar-refractivity contribution in [3.05, 3.63) is 24.2 Å². The molecule has 0 radical (unpaired) electrons. The van der Waals surface area contributed by atoms with E-state index in [1.165, 1.54) is 0 Å². The molecular weight excluding hydrogens is 180 g/mol. The molecule has 2 heterocycles. The zero-order valence-electron chi connectivity index (χ0n) is 8.32. The van der Waals surface area contributed by atoms with Gasteiger partial charge in [0.2, 0.25) is 0 Å². The van der Waals surface area contributed by atoms with E-state index in [2.05, 4.69) is 12.3 Å². The maximum atomic E-state index is 5.73. The van der Waals surface area contributed by atoms with Crippen LogP contribution in [0.2, 0.25) is 0 Å². The Morgan fingerprint density at radius 3 is 3.00 bits per heavy atom. The first-order chi connectivity index (χ1) is 6.76. The Bertz CT molecular complexity index is 278. The topological polar surface area (TPSA) is 60.4 Å². The second-order valence-electron chi connectivity index (χ2n) is 3.92. The monoisotopic (exact) mass is 196 g/mol. The minimum atomic E-state index is -0.210. The van der Waals surface area contributed by atoms with Gasteiger partial charge >= 0.3 is 0 Å². The summed E-state index contributed by atoms with van der Waals surface area (Å²) in [5.74, 6) is 5.56. The molecule has 1 aliphatic rings. The number of rotatable bonds is 3. The van der Waals surface area contributed by atoms with E-state index in [-0.39, 0.29) is 11.6 Å². The highest BCUT2D eigenvalue weighted by Gasteiger charge is 2.39. The van der Waals surface area contributed by atoms with Gasteiger partial charge in [0.1, 0.15) is 0 Å². The van der Waals surface area contributed by atoms with Crippen LogP contribution in [-0.4, -0.2) is 12.2 Å².